The molecule has 1 aliphatic carbocycles. The van der Waals surface area contributed by atoms with Gasteiger partial charge in [-0.3, -0.25) is 4.79 Å². The molecule has 1 aromatic rings. The van der Waals surface area contributed by atoms with Gasteiger partial charge in [-0.2, -0.15) is 4.31 Å². The molecule has 0 bridgehead atoms. The van der Waals surface area contributed by atoms with E-state index in [1.54, 1.807) is 26.8 Å². The van der Waals surface area contributed by atoms with Crippen LogP contribution in [-0.4, -0.2) is 48.8 Å². The molecular weight excluding hydrogens is 356 g/mol. The molecule has 1 aromatic carbocycles. The highest BCUT2D eigenvalue weighted by molar-refractivity contribution is 7.89. The van der Waals surface area contributed by atoms with E-state index >= 15 is 0 Å². The van der Waals surface area contributed by atoms with E-state index in [1.165, 1.54) is 16.4 Å². The van der Waals surface area contributed by atoms with Gasteiger partial charge < -0.3 is 10.4 Å². The molecule has 1 aliphatic rings. The molecule has 7 nitrogen and oxygen atoms in total. The number of benzene rings is 1. The third-order valence-corrected chi connectivity index (χ3v) is 6.71. The number of carbonyl (C=O) groups is 2. The molecule has 144 valence electrons. The molecule has 1 fully saturated rings. The number of sulfonamides is 1. The summed E-state index contributed by atoms with van der Waals surface area (Å²) in [6.45, 7) is 5.85. The molecule has 8 heteroatoms. The van der Waals surface area contributed by atoms with Crippen molar-refractivity contribution < 1.29 is 23.1 Å². The van der Waals surface area contributed by atoms with Gasteiger partial charge >= 0.3 is 5.97 Å². The summed E-state index contributed by atoms with van der Waals surface area (Å²) >= 11 is 0. The summed E-state index contributed by atoms with van der Waals surface area (Å²) in [6.07, 6.45) is 2.37. The molecule has 26 heavy (non-hydrogen) atoms. The van der Waals surface area contributed by atoms with Crippen LogP contribution in [0.4, 0.5) is 0 Å². The first-order valence-corrected chi connectivity index (χ1v) is 10.3. The van der Waals surface area contributed by atoms with Crippen LogP contribution in [-0.2, 0) is 14.8 Å². The zero-order valence-electron chi connectivity index (χ0n) is 15.4. The number of aliphatic carboxylic acids is 1. The van der Waals surface area contributed by atoms with Crippen LogP contribution >= 0.6 is 0 Å². The van der Waals surface area contributed by atoms with Crippen LogP contribution in [0.5, 0.6) is 0 Å². The van der Waals surface area contributed by atoms with Gasteiger partial charge in [-0.15, -0.1) is 0 Å². The molecule has 0 spiro atoms. The molecule has 2 rings (SSSR count). The molecule has 0 aromatic heterocycles. The molecule has 1 saturated carbocycles. The van der Waals surface area contributed by atoms with Gasteiger partial charge in [-0.1, -0.05) is 32.8 Å². The minimum absolute atomic E-state index is 0.0333. The van der Waals surface area contributed by atoms with Crippen LogP contribution in [0.2, 0.25) is 0 Å². The first-order chi connectivity index (χ1) is 12.2. The summed E-state index contributed by atoms with van der Waals surface area (Å²) in [5, 5.41) is 11.9. The average Bonchev–Trinajstić information content (AvgIpc) is 3.39. The fourth-order valence-electron chi connectivity index (χ4n) is 2.86. The van der Waals surface area contributed by atoms with Gasteiger partial charge in [-0.05, 0) is 37.0 Å². The molecule has 1 unspecified atom stereocenters. The third-order valence-electron chi connectivity index (χ3n) is 4.67. The molecule has 1 amide bonds. The predicted molar refractivity (Wildman–Crippen MR) is 97.5 cm³/mol. The minimum atomic E-state index is -3.69. The summed E-state index contributed by atoms with van der Waals surface area (Å²) < 4.78 is 26.6. The molecule has 0 aliphatic heterocycles. The van der Waals surface area contributed by atoms with Crippen LogP contribution in [0.15, 0.2) is 23.1 Å². The number of aryl methyl sites for hydroxylation is 1. The van der Waals surface area contributed by atoms with E-state index in [1.807, 2.05) is 0 Å². The maximum absolute atomic E-state index is 12.7. The second-order valence-corrected chi connectivity index (χ2v) is 8.55. The lowest BCUT2D eigenvalue weighted by Crippen LogP contribution is -2.41. The zero-order valence-corrected chi connectivity index (χ0v) is 16.2. The summed E-state index contributed by atoms with van der Waals surface area (Å²) in [7, 11) is -3.69. The Hall–Kier alpha value is -1.93. The number of hydrogen-bond acceptors (Lipinski definition) is 4. The van der Waals surface area contributed by atoms with Gasteiger partial charge in [0.25, 0.3) is 5.91 Å². The monoisotopic (exact) mass is 382 g/mol. The van der Waals surface area contributed by atoms with Crippen molar-refractivity contribution in [1.82, 2.24) is 9.62 Å². The van der Waals surface area contributed by atoms with E-state index in [2.05, 4.69) is 5.32 Å². The maximum Gasteiger partial charge on any atom is 0.326 e. The van der Waals surface area contributed by atoms with Crippen molar-refractivity contribution in [3.8, 4) is 0 Å². The molecule has 2 N–H and O–H groups in total. The Morgan fingerprint density at radius 3 is 2.38 bits per heavy atom. The van der Waals surface area contributed by atoms with Crippen molar-refractivity contribution in [2.45, 2.75) is 51.0 Å². The zero-order chi connectivity index (χ0) is 19.5. The Morgan fingerprint density at radius 1 is 1.27 bits per heavy atom. The lowest BCUT2D eigenvalue weighted by molar-refractivity contribution is -0.139. The standard InChI is InChI=1S/C18H26N2O5S/c1-4-20(5-2)26(24,25)14-9-6-12(3)15(11-14)17(21)19-16(18(22)23)10-13-7-8-13/h6,9,11,13,16H,4-5,7-8,10H2,1-3H3,(H,19,21)(H,22,23). The number of rotatable bonds is 9. The maximum atomic E-state index is 12.7. The summed E-state index contributed by atoms with van der Waals surface area (Å²) in [6, 6.07) is 3.41. The number of carboxylic acid groups (broad SMARTS) is 1. The van der Waals surface area contributed by atoms with Crippen molar-refractivity contribution in [2.75, 3.05) is 13.1 Å². The van der Waals surface area contributed by atoms with Gasteiger partial charge in [0, 0.05) is 18.7 Å². The smallest absolute Gasteiger partial charge is 0.326 e. The van der Waals surface area contributed by atoms with Gasteiger partial charge in [-0.25, -0.2) is 13.2 Å². The van der Waals surface area contributed by atoms with Crippen LogP contribution in [0, 0.1) is 12.8 Å². The predicted octanol–water partition coefficient (Wildman–Crippen LogP) is 2.01. The molecule has 0 saturated heterocycles. The number of amides is 1. The Labute approximate surface area is 154 Å². The number of nitrogens with zero attached hydrogens (tertiary/aromatic N) is 1. The van der Waals surface area contributed by atoms with Gasteiger partial charge in [0.05, 0.1) is 4.90 Å². The third kappa shape index (κ3) is 4.62. The Balaban J connectivity index is 2.28. The highest BCUT2D eigenvalue weighted by atomic mass is 32.2. The Kier molecular flexibility index (Phi) is 6.41. The Bertz CT molecular complexity index is 783. The van der Waals surface area contributed by atoms with Gasteiger partial charge in [0.15, 0.2) is 0 Å². The van der Waals surface area contributed by atoms with Crippen molar-refractivity contribution in [1.29, 1.82) is 0 Å². The Morgan fingerprint density at radius 2 is 1.88 bits per heavy atom. The first-order valence-electron chi connectivity index (χ1n) is 8.85. The second kappa shape index (κ2) is 8.18. The van der Waals surface area contributed by atoms with Crippen LogP contribution in [0.1, 0.15) is 49.0 Å². The number of carboxylic acids is 1. The van der Waals surface area contributed by atoms with Crippen molar-refractivity contribution in [3.63, 3.8) is 0 Å². The fraction of sp³-hybridized carbons (Fsp3) is 0.556. The summed E-state index contributed by atoms with van der Waals surface area (Å²) in [5.74, 6) is -1.30. The highest BCUT2D eigenvalue weighted by Gasteiger charge is 2.31. The topological polar surface area (TPSA) is 104 Å². The molecule has 0 heterocycles. The van der Waals surface area contributed by atoms with Crippen molar-refractivity contribution >= 4 is 21.9 Å². The number of carbonyl (C=O) groups excluding carboxylic acids is 1. The molecule has 0 radical (unpaired) electrons. The lowest BCUT2D eigenvalue weighted by Gasteiger charge is -2.20. The highest BCUT2D eigenvalue weighted by Crippen LogP contribution is 2.33. The average molecular weight is 382 g/mol. The van der Waals surface area contributed by atoms with E-state index in [0.717, 1.165) is 12.8 Å². The lowest BCUT2D eigenvalue weighted by atomic mass is 10.1. The summed E-state index contributed by atoms with van der Waals surface area (Å²) in [4.78, 5) is 24.0. The van der Waals surface area contributed by atoms with Crippen molar-refractivity contribution in [3.05, 3.63) is 29.3 Å². The van der Waals surface area contributed by atoms with E-state index in [-0.39, 0.29) is 10.5 Å². The molecular formula is C18H26N2O5S. The SMILES string of the molecule is CCN(CC)S(=O)(=O)c1ccc(C)c(C(=O)NC(CC2CC2)C(=O)O)c1. The van der Waals surface area contributed by atoms with E-state index in [9.17, 15) is 23.1 Å². The number of hydrogen-bond donors (Lipinski definition) is 2. The van der Waals surface area contributed by atoms with Crippen LogP contribution < -0.4 is 5.32 Å². The van der Waals surface area contributed by atoms with E-state index < -0.39 is 27.9 Å². The van der Waals surface area contributed by atoms with Crippen LogP contribution in [0.25, 0.3) is 0 Å². The largest absolute Gasteiger partial charge is 0.480 e. The first kappa shape index (κ1) is 20.4. The van der Waals surface area contributed by atoms with E-state index in [0.29, 0.717) is 31.0 Å². The normalized spacial score (nSPS) is 15.7. The summed E-state index contributed by atoms with van der Waals surface area (Å²) in [5.41, 5.74) is 0.775. The molecule has 1 atom stereocenters. The number of nitrogens with one attached hydrogen (secondary N) is 1. The van der Waals surface area contributed by atoms with E-state index in [4.69, 9.17) is 0 Å². The van der Waals surface area contributed by atoms with Gasteiger partial charge in [0.1, 0.15) is 6.04 Å². The van der Waals surface area contributed by atoms with Crippen molar-refractivity contribution in [2.24, 2.45) is 5.92 Å². The second-order valence-electron chi connectivity index (χ2n) is 6.61. The quantitative estimate of drug-likeness (QED) is 0.680. The van der Waals surface area contributed by atoms with Gasteiger partial charge in [0.2, 0.25) is 10.0 Å². The van der Waals surface area contributed by atoms with Crippen LogP contribution in [0.3, 0.4) is 0 Å². The fourth-order valence-corrected chi connectivity index (χ4v) is 4.35. The minimum Gasteiger partial charge on any atom is -0.480 e.